The summed E-state index contributed by atoms with van der Waals surface area (Å²) < 4.78 is 11.3. The van der Waals surface area contributed by atoms with Gasteiger partial charge < -0.3 is 9.47 Å². The Hall–Kier alpha value is -0.0800. The largest absolute Gasteiger partial charge is 0.375 e. The number of ether oxygens (including phenoxy) is 2. The molecule has 0 aromatic carbocycles. The second-order valence-corrected chi connectivity index (χ2v) is 3.41. The molecule has 2 aliphatic rings. The monoisotopic (exact) mass is 155 g/mol. The Morgan fingerprint density at radius 3 is 3.18 bits per heavy atom. The first-order valence-corrected chi connectivity index (χ1v) is 4.42. The molecule has 2 heteroatoms. The molecule has 2 atom stereocenters. The summed E-state index contributed by atoms with van der Waals surface area (Å²) >= 11 is 0. The lowest BCUT2D eigenvalue weighted by Gasteiger charge is -2.25. The van der Waals surface area contributed by atoms with Crippen molar-refractivity contribution in [2.45, 2.75) is 37.4 Å². The Morgan fingerprint density at radius 2 is 2.36 bits per heavy atom. The minimum atomic E-state index is 0.0712. The maximum Gasteiger partial charge on any atom is 0.0965 e. The van der Waals surface area contributed by atoms with E-state index in [1.54, 1.807) is 0 Å². The minimum absolute atomic E-state index is 0.0712. The Balaban J connectivity index is 2.07. The average Bonchev–Trinajstić information content (AvgIpc) is 2.45. The lowest BCUT2D eigenvalue weighted by Crippen LogP contribution is -2.34. The second-order valence-electron chi connectivity index (χ2n) is 3.41. The molecule has 0 spiro atoms. The van der Waals surface area contributed by atoms with Crippen molar-refractivity contribution in [3.05, 3.63) is 6.92 Å². The summed E-state index contributed by atoms with van der Waals surface area (Å²) in [6, 6.07) is 0. The van der Waals surface area contributed by atoms with E-state index >= 15 is 0 Å². The van der Waals surface area contributed by atoms with Crippen LogP contribution >= 0.6 is 0 Å². The molecule has 2 rings (SSSR count). The topological polar surface area (TPSA) is 18.5 Å². The fourth-order valence-electron chi connectivity index (χ4n) is 2.22. The Labute approximate surface area is 67.9 Å². The number of hydrogen-bond acceptors (Lipinski definition) is 2. The standard InChI is InChI=1S/C9H15O2/c1-2-4-9-5-7-10-8(9)3-6-11-9/h8H,1-7H2. The summed E-state index contributed by atoms with van der Waals surface area (Å²) in [5.74, 6) is 0. The molecule has 0 aromatic rings. The van der Waals surface area contributed by atoms with Crippen LogP contribution in [0.4, 0.5) is 0 Å². The van der Waals surface area contributed by atoms with Crippen LogP contribution in [-0.4, -0.2) is 24.9 Å². The van der Waals surface area contributed by atoms with Crippen LogP contribution in [0.3, 0.4) is 0 Å². The molecule has 2 nitrogen and oxygen atoms in total. The van der Waals surface area contributed by atoms with Gasteiger partial charge in [-0.05, 0) is 12.8 Å². The molecule has 2 unspecified atom stereocenters. The van der Waals surface area contributed by atoms with Crippen LogP contribution < -0.4 is 0 Å². The summed E-state index contributed by atoms with van der Waals surface area (Å²) in [4.78, 5) is 0. The van der Waals surface area contributed by atoms with Crippen molar-refractivity contribution in [3.8, 4) is 0 Å². The lowest BCUT2D eigenvalue weighted by atomic mass is 9.91. The van der Waals surface area contributed by atoms with E-state index in [-0.39, 0.29) is 5.60 Å². The molecule has 0 amide bonds. The van der Waals surface area contributed by atoms with Crippen LogP contribution in [0.1, 0.15) is 25.7 Å². The van der Waals surface area contributed by atoms with E-state index in [4.69, 9.17) is 9.47 Å². The van der Waals surface area contributed by atoms with E-state index in [1.807, 2.05) is 0 Å². The zero-order valence-electron chi connectivity index (χ0n) is 6.84. The quantitative estimate of drug-likeness (QED) is 0.602. The normalized spacial score (nSPS) is 42.8. The SMILES string of the molecule is [CH2]CCC12CCOC1CCO2. The van der Waals surface area contributed by atoms with E-state index in [9.17, 15) is 0 Å². The molecule has 0 saturated carbocycles. The lowest BCUT2D eigenvalue weighted by molar-refractivity contribution is -0.0262. The van der Waals surface area contributed by atoms with Crippen molar-refractivity contribution < 1.29 is 9.47 Å². The van der Waals surface area contributed by atoms with Gasteiger partial charge in [-0.25, -0.2) is 0 Å². The van der Waals surface area contributed by atoms with Crippen LogP contribution in [0.5, 0.6) is 0 Å². The summed E-state index contributed by atoms with van der Waals surface area (Å²) in [5, 5.41) is 0. The van der Waals surface area contributed by atoms with Crippen LogP contribution in [0.2, 0.25) is 0 Å². The molecule has 0 aromatic heterocycles. The Morgan fingerprint density at radius 1 is 1.45 bits per heavy atom. The van der Waals surface area contributed by atoms with E-state index in [0.717, 1.165) is 38.9 Å². The maximum absolute atomic E-state index is 5.74. The molecular formula is C9H15O2. The highest BCUT2D eigenvalue weighted by Gasteiger charge is 2.47. The molecule has 11 heavy (non-hydrogen) atoms. The number of rotatable bonds is 2. The van der Waals surface area contributed by atoms with Gasteiger partial charge in [-0.15, -0.1) is 0 Å². The highest BCUT2D eigenvalue weighted by Crippen LogP contribution is 2.40. The molecule has 63 valence electrons. The molecule has 1 radical (unpaired) electrons. The van der Waals surface area contributed by atoms with Gasteiger partial charge in [-0.3, -0.25) is 0 Å². The van der Waals surface area contributed by atoms with Gasteiger partial charge in [-0.2, -0.15) is 0 Å². The molecule has 0 bridgehead atoms. The van der Waals surface area contributed by atoms with E-state index in [0.29, 0.717) is 6.10 Å². The molecular weight excluding hydrogens is 140 g/mol. The summed E-state index contributed by atoms with van der Waals surface area (Å²) in [5.41, 5.74) is 0.0712. The van der Waals surface area contributed by atoms with Gasteiger partial charge in [0.05, 0.1) is 18.3 Å². The Bertz CT molecular complexity index is 134. The smallest absolute Gasteiger partial charge is 0.0965 e. The zero-order valence-corrected chi connectivity index (χ0v) is 6.84. The first-order chi connectivity index (χ1) is 5.37. The van der Waals surface area contributed by atoms with Crippen LogP contribution in [0.15, 0.2) is 0 Å². The van der Waals surface area contributed by atoms with E-state index < -0.39 is 0 Å². The first-order valence-electron chi connectivity index (χ1n) is 4.42. The zero-order chi connectivity index (χ0) is 7.73. The highest BCUT2D eigenvalue weighted by atomic mass is 16.6. The second kappa shape index (κ2) is 2.76. The average molecular weight is 155 g/mol. The summed E-state index contributed by atoms with van der Waals surface area (Å²) in [6.07, 6.45) is 4.56. The molecule has 2 heterocycles. The molecule has 0 N–H and O–H groups in total. The van der Waals surface area contributed by atoms with Crippen molar-refractivity contribution in [2.24, 2.45) is 0 Å². The molecule has 2 aliphatic heterocycles. The maximum atomic E-state index is 5.74. The molecule has 2 fully saturated rings. The van der Waals surface area contributed by atoms with Gasteiger partial charge >= 0.3 is 0 Å². The third-order valence-electron chi connectivity index (χ3n) is 2.80. The van der Waals surface area contributed by atoms with Crippen LogP contribution in [0.25, 0.3) is 0 Å². The van der Waals surface area contributed by atoms with Crippen LogP contribution in [-0.2, 0) is 9.47 Å². The fourth-order valence-corrected chi connectivity index (χ4v) is 2.22. The molecule has 2 saturated heterocycles. The number of hydrogen-bond donors (Lipinski definition) is 0. The van der Waals surface area contributed by atoms with E-state index in [2.05, 4.69) is 6.92 Å². The summed E-state index contributed by atoms with van der Waals surface area (Å²) in [7, 11) is 0. The van der Waals surface area contributed by atoms with Crippen molar-refractivity contribution in [3.63, 3.8) is 0 Å². The predicted molar refractivity (Wildman–Crippen MR) is 42.2 cm³/mol. The predicted octanol–water partition coefficient (Wildman–Crippen LogP) is 1.55. The first kappa shape index (κ1) is 7.56. The molecule has 0 aliphatic carbocycles. The van der Waals surface area contributed by atoms with Gasteiger partial charge in [0.15, 0.2) is 0 Å². The number of fused-ring (bicyclic) bond motifs is 1. The van der Waals surface area contributed by atoms with Crippen molar-refractivity contribution in [2.75, 3.05) is 13.2 Å². The highest BCUT2D eigenvalue weighted by molar-refractivity contribution is 4.97. The van der Waals surface area contributed by atoms with Gasteiger partial charge in [-0.1, -0.05) is 13.3 Å². The summed E-state index contributed by atoms with van der Waals surface area (Å²) in [6.45, 7) is 5.63. The van der Waals surface area contributed by atoms with Gasteiger partial charge in [0, 0.05) is 13.0 Å². The van der Waals surface area contributed by atoms with Crippen molar-refractivity contribution in [1.82, 2.24) is 0 Å². The van der Waals surface area contributed by atoms with Crippen LogP contribution in [0, 0.1) is 6.92 Å². The van der Waals surface area contributed by atoms with Gasteiger partial charge in [0.2, 0.25) is 0 Å². The van der Waals surface area contributed by atoms with Gasteiger partial charge in [0.1, 0.15) is 0 Å². The third kappa shape index (κ3) is 1.09. The fraction of sp³-hybridized carbons (Fsp3) is 0.889. The Kier molecular flexibility index (Phi) is 1.90. The van der Waals surface area contributed by atoms with Crippen molar-refractivity contribution in [1.29, 1.82) is 0 Å². The van der Waals surface area contributed by atoms with Gasteiger partial charge in [0.25, 0.3) is 0 Å². The minimum Gasteiger partial charge on any atom is -0.375 e. The third-order valence-corrected chi connectivity index (χ3v) is 2.80. The van der Waals surface area contributed by atoms with E-state index in [1.165, 1.54) is 0 Å². The van der Waals surface area contributed by atoms with Crippen molar-refractivity contribution >= 4 is 0 Å².